The van der Waals surface area contributed by atoms with Crippen LogP contribution < -0.4 is 5.32 Å². The van der Waals surface area contributed by atoms with Gasteiger partial charge in [0.05, 0.1) is 5.69 Å². The van der Waals surface area contributed by atoms with E-state index in [4.69, 9.17) is 28.3 Å². The Labute approximate surface area is 124 Å². The van der Waals surface area contributed by atoms with E-state index in [0.717, 1.165) is 11.3 Å². The molecular weight excluding hydrogens is 307 g/mol. The van der Waals surface area contributed by atoms with Gasteiger partial charge in [0.2, 0.25) is 0 Å². The van der Waals surface area contributed by atoms with Gasteiger partial charge in [0.1, 0.15) is 4.88 Å². The Balaban J connectivity index is 2.30. The summed E-state index contributed by atoms with van der Waals surface area (Å²) in [5.41, 5.74) is 1.24. The molecule has 7 heteroatoms. The maximum Gasteiger partial charge on any atom is 0.347 e. The molecule has 2 aromatic rings. The number of halogens is 2. The summed E-state index contributed by atoms with van der Waals surface area (Å²) < 4.78 is 0. The lowest BCUT2D eigenvalue weighted by Crippen LogP contribution is -1.97. The largest absolute Gasteiger partial charge is 0.477 e. The van der Waals surface area contributed by atoms with E-state index in [0.29, 0.717) is 33.0 Å². The van der Waals surface area contributed by atoms with Crippen LogP contribution in [-0.4, -0.2) is 16.1 Å². The molecule has 0 saturated carbocycles. The maximum atomic E-state index is 11.1. The second kappa shape index (κ2) is 5.77. The van der Waals surface area contributed by atoms with Gasteiger partial charge in [-0.3, -0.25) is 0 Å². The highest BCUT2D eigenvalue weighted by Crippen LogP contribution is 2.29. The third-order valence-electron chi connectivity index (χ3n) is 2.34. The molecule has 0 atom stereocenters. The van der Waals surface area contributed by atoms with E-state index in [1.165, 1.54) is 0 Å². The van der Waals surface area contributed by atoms with Crippen molar-refractivity contribution < 1.29 is 9.90 Å². The molecule has 1 aromatic carbocycles. The fourth-order valence-corrected chi connectivity index (χ4v) is 3.00. The van der Waals surface area contributed by atoms with Gasteiger partial charge in [-0.15, -0.1) is 0 Å². The van der Waals surface area contributed by atoms with Crippen molar-refractivity contribution in [3.05, 3.63) is 38.8 Å². The molecule has 0 amide bonds. The monoisotopic (exact) mass is 316 g/mol. The van der Waals surface area contributed by atoms with Crippen molar-refractivity contribution in [2.75, 3.05) is 5.32 Å². The maximum absolute atomic E-state index is 11.1. The molecule has 19 heavy (non-hydrogen) atoms. The predicted octanol–water partition coefficient (Wildman–Crippen LogP) is 4.45. The molecule has 0 saturated heterocycles. The number of hydrogen-bond acceptors (Lipinski definition) is 4. The van der Waals surface area contributed by atoms with Gasteiger partial charge in [0.15, 0.2) is 5.13 Å². The Morgan fingerprint density at radius 2 is 2.00 bits per heavy atom. The summed E-state index contributed by atoms with van der Waals surface area (Å²) in [6.45, 7) is 1.86. The molecule has 0 radical (unpaired) electrons. The van der Waals surface area contributed by atoms with Crippen LogP contribution in [0, 0.1) is 0 Å². The molecule has 0 fully saturated rings. The Hall–Kier alpha value is -1.30. The first-order valence-electron chi connectivity index (χ1n) is 5.45. The Morgan fingerprint density at radius 1 is 1.37 bits per heavy atom. The smallest absolute Gasteiger partial charge is 0.347 e. The SMILES string of the molecule is CCc1nc(Nc2cc(Cl)cc(Cl)c2)sc1C(=O)O. The van der Waals surface area contributed by atoms with Crippen molar-refractivity contribution in [1.29, 1.82) is 0 Å². The summed E-state index contributed by atoms with van der Waals surface area (Å²) in [7, 11) is 0. The normalized spacial score (nSPS) is 10.5. The van der Waals surface area contributed by atoms with E-state index in [9.17, 15) is 4.79 Å². The number of aromatic nitrogens is 1. The number of hydrogen-bond donors (Lipinski definition) is 2. The van der Waals surface area contributed by atoms with E-state index in [-0.39, 0.29) is 4.88 Å². The van der Waals surface area contributed by atoms with Crippen molar-refractivity contribution >= 4 is 51.3 Å². The Bertz CT molecular complexity index is 608. The van der Waals surface area contributed by atoms with E-state index in [1.54, 1.807) is 18.2 Å². The van der Waals surface area contributed by atoms with Gasteiger partial charge in [-0.1, -0.05) is 41.5 Å². The molecule has 0 unspecified atom stereocenters. The minimum Gasteiger partial charge on any atom is -0.477 e. The number of nitrogens with one attached hydrogen (secondary N) is 1. The van der Waals surface area contributed by atoms with Crippen molar-refractivity contribution in [2.45, 2.75) is 13.3 Å². The topological polar surface area (TPSA) is 62.2 Å². The Morgan fingerprint density at radius 3 is 2.47 bits per heavy atom. The second-order valence-electron chi connectivity index (χ2n) is 3.74. The van der Waals surface area contributed by atoms with Crippen LogP contribution in [0.2, 0.25) is 10.0 Å². The summed E-state index contributed by atoms with van der Waals surface area (Å²) >= 11 is 12.9. The van der Waals surface area contributed by atoms with Gasteiger partial charge in [-0.2, -0.15) is 0 Å². The highest BCUT2D eigenvalue weighted by atomic mass is 35.5. The zero-order valence-corrected chi connectivity index (χ0v) is 12.2. The van der Waals surface area contributed by atoms with Gasteiger partial charge in [0, 0.05) is 15.7 Å². The molecule has 1 aromatic heterocycles. The summed E-state index contributed by atoms with van der Waals surface area (Å²) in [5, 5.41) is 13.6. The standard InChI is InChI=1S/C12H10Cl2N2O2S/c1-2-9-10(11(17)18)19-12(16-9)15-8-4-6(13)3-7(14)5-8/h3-5H,2H2,1H3,(H,15,16)(H,17,18). The first-order chi connectivity index (χ1) is 8.99. The van der Waals surface area contributed by atoms with Gasteiger partial charge in [-0.05, 0) is 24.6 Å². The molecule has 2 rings (SSSR count). The predicted molar refractivity (Wildman–Crippen MR) is 78.2 cm³/mol. The molecule has 0 aliphatic rings. The first-order valence-corrected chi connectivity index (χ1v) is 7.03. The molecule has 4 nitrogen and oxygen atoms in total. The van der Waals surface area contributed by atoms with Crippen LogP contribution in [0.15, 0.2) is 18.2 Å². The van der Waals surface area contributed by atoms with E-state index >= 15 is 0 Å². The summed E-state index contributed by atoms with van der Waals surface area (Å²) in [6, 6.07) is 5.01. The molecule has 0 bridgehead atoms. The number of carbonyl (C=O) groups is 1. The number of benzene rings is 1. The van der Waals surface area contributed by atoms with Crippen molar-refractivity contribution in [3.63, 3.8) is 0 Å². The van der Waals surface area contributed by atoms with E-state index in [2.05, 4.69) is 10.3 Å². The third kappa shape index (κ3) is 3.37. The highest BCUT2D eigenvalue weighted by molar-refractivity contribution is 7.17. The van der Waals surface area contributed by atoms with Gasteiger partial charge in [-0.25, -0.2) is 9.78 Å². The number of carboxylic acid groups (broad SMARTS) is 1. The number of thiazole rings is 1. The van der Waals surface area contributed by atoms with E-state index in [1.807, 2.05) is 6.92 Å². The number of nitrogens with zero attached hydrogens (tertiary/aromatic N) is 1. The summed E-state index contributed by atoms with van der Waals surface area (Å²) in [5.74, 6) is -0.966. The van der Waals surface area contributed by atoms with Crippen LogP contribution in [0.3, 0.4) is 0 Å². The number of rotatable bonds is 4. The first kappa shape index (κ1) is 14.1. The van der Waals surface area contributed by atoms with Crippen LogP contribution in [0.4, 0.5) is 10.8 Å². The molecule has 100 valence electrons. The van der Waals surface area contributed by atoms with Crippen LogP contribution >= 0.6 is 34.5 Å². The van der Waals surface area contributed by atoms with Crippen LogP contribution in [0.5, 0.6) is 0 Å². The van der Waals surface area contributed by atoms with Crippen molar-refractivity contribution in [3.8, 4) is 0 Å². The number of aromatic carboxylic acids is 1. The number of anilines is 2. The third-order valence-corrected chi connectivity index (χ3v) is 3.78. The van der Waals surface area contributed by atoms with Gasteiger partial charge < -0.3 is 10.4 Å². The highest BCUT2D eigenvalue weighted by Gasteiger charge is 2.16. The fourth-order valence-electron chi connectivity index (χ4n) is 1.56. The van der Waals surface area contributed by atoms with Crippen LogP contribution in [-0.2, 0) is 6.42 Å². The average molecular weight is 317 g/mol. The summed E-state index contributed by atoms with van der Waals surface area (Å²) in [4.78, 5) is 15.5. The second-order valence-corrected chi connectivity index (χ2v) is 5.61. The zero-order chi connectivity index (χ0) is 14.0. The fraction of sp³-hybridized carbons (Fsp3) is 0.167. The quantitative estimate of drug-likeness (QED) is 0.874. The molecule has 1 heterocycles. The number of carboxylic acids is 1. The van der Waals surface area contributed by atoms with Crippen LogP contribution in [0.25, 0.3) is 0 Å². The molecule has 0 spiro atoms. The minimum atomic E-state index is -0.966. The van der Waals surface area contributed by atoms with Gasteiger partial charge in [0.25, 0.3) is 0 Å². The van der Waals surface area contributed by atoms with Gasteiger partial charge >= 0.3 is 5.97 Å². The summed E-state index contributed by atoms with van der Waals surface area (Å²) in [6.07, 6.45) is 0.566. The Kier molecular flexibility index (Phi) is 4.29. The average Bonchev–Trinajstić information content (AvgIpc) is 2.70. The van der Waals surface area contributed by atoms with Crippen LogP contribution in [0.1, 0.15) is 22.3 Å². The lowest BCUT2D eigenvalue weighted by atomic mass is 10.3. The zero-order valence-electron chi connectivity index (χ0n) is 9.91. The lowest BCUT2D eigenvalue weighted by molar-refractivity contribution is 0.0701. The van der Waals surface area contributed by atoms with Crippen molar-refractivity contribution in [2.24, 2.45) is 0 Å². The lowest BCUT2D eigenvalue weighted by Gasteiger charge is -2.03. The molecular formula is C12H10Cl2N2O2S. The van der Waals surface area contributed by atoms with Crippen molar-refractivity contribution in [1.82, 2.24) is 4.98 Å². The number of aryl methyl sites for hydroxylation is 1. The minimum absolute atomic E-state index is 0.248. The molecule has 0 aliphatic carbocycles. The van der Waals surface area contributed by atoms with E-state index < -0.39 is 5.97 Å². The molecule has 2 N–H and O–H groups in total. The molecule has 0 aliphatic heterocycles.